The van der Waals surface area contributed by atoms with Crippen molar-refractivity contribution in [3.8, 4) is 0 Å². The van der Waals surface area contributed by atoms with Gasteiger partial charge in [-0.15, -0.1) is 0 Å². The van der Waals surface area contributed by atoms with Crippen LogP contribution in [0, 0.1) is 10.1 Å². The minimum atomic E-state index is -0.907. The zero-order valence-corrected chi connectivity index (χ0v) is 17.1. The molecule has 168 valence electrons. The Morgan fingerprint density at radius 1 is 1.09 bits per heavy atom. The highest BCUT2D eigenvalue weighted by Crippen LogP contribution is 2.27. The maximum absolute atomic E-state index is 12.6. The van der Waals surface area contributed by atoms with Crippen LogP contribution >= 0.6 is 0 Å². The molecule has 0 radical (unpaired) electrons. The van der Waals surface area contributed by atoms with E-state index in [1.165, 1.54) is 12.1 Å². The van der Waals surface area contributed by atoms with Gasteiger partial charge in [0.05, 0.1) is 29.4 Å². The smallest absolute Gasteiger partial charge is 0.341 e. The fraction of sp³-hybridized carbons (Fsp3) is 0.286. The van der Waals surface area contributed by atoms with Crippen LogP contribution in [0.2, 0.25) is 0 Å². The van der Waals surface area contributed by atoms with E-state index in [2.05, 4.69) is 10.6 Å². The zero-order chi connectivity index (χ0) is 22.9. The molecule has 2 N–H and O–H groups in total. The van der Waals surface area contributed by atoms with Gasteiger partial charge >= 0.3 is 12.0 Å². The van der Waals surface area contributed by atoms with Crippen molar-refractivity contribution in [1.82, 2.24) is 10.6 Å². The van der Waals surface area contributed by atoms with Crippen LogP contribution in [0.4, 0.5) is 16.2 Å². The number of amides is 3. The molecule has 3 rings (SSSR count). The molecule has 0 saturated carbocycles. The Hall–Kier alpha value is -3.99. The topological polar surface area (TPSA) is 140 Å². The van der Waals surface area contributed by atoms with E-state index >= 15 is 0 Å². The van der Waals surface area contributed by atoms with E-state index in [0.29, 0.717) is 32.0 Å². The average Bonchev–Trinajstić information content (AvgIpc) is 2.82. The number of imide groups is 1. The first-order valence-corrected chi connectivity index (χ1v) is 9.84. The van der Waals surface area contributed by atoms with Crippen LogP contribution in [-0.2, 0) is 20.8 Å². The highest BCUT2D eigenvalue weighted by atomic mass is 16.6. The van der Waals surface area contributed by atoms with Crippen molar-refractivity contribution in [2.45, 2.75) is 6.54 Å². The second-order valence-corrected chi connectivity index (χ2v) is 6.85. The van der Waals surface area contributed by atoms with Crippen molar-refractivity contribution in [2.24, 2.45) is 0 Å². The molecule has 11 heteroatoms. The van der Waals surface area contributed by atoms with Crippen LogP contribution in [0.1, 0.15) is 15.9 Å². The van der Waals surface area contributed by atoms with Gasteiger partial charge in [-0.3, -0.25) is 20.2 Å². The van der Waals surface area contributed by atoms with Crippen LogP contribution in [0.5, 0.6) is 0 Å². The molecule has 1 aliphatic rings. The van der Waals surface area contributed by atoms with Gasteiger partial charge in [-0.2, -0.15) is 0 Å². The highest BCUT2D eigenvalue weighted by Gasteiger charge is 2.23. The standard InChI is InChI=1S/C21H22N4O7/c26-19(23-21(28)22-13-15-4-2-1-3-5-15)14-32-20(27)17-12-16(25(29)30)6-7-18(17)24-8-10-31-11-9-24/h1-7,12H,8-11,13-14H2,(H2,22,23,26,28). The van der Waals surface area contributed by atoms with E-state index in [0.717, 1.165) is 11.6 Å². The molecule has 0 spiro atoms. The minimum Gasteiger partial charge on any atom is -0.452 e. The molecule has 2 aromatic rings. The van der Waals surface area contributed by atoms with E-state index in [1.807, 2.05) is 35.2 Å². The summed E-state index contributed by atoms with van der Waals surface area (Å²) in [6.07, 6.45) is 0. The van der Waals surface area contributed by atoms with Crippen LogP contribution < -0.4 is 15.5 Å². The summed E-state index contributed by atoms with van der Waals surface area (Å²) in [6.45, 7) is 1.40. The molecule has 1 heterocycles. The molecule has 0 unspecified atom stereocenters. The van der Waals surface area contributed by atoms with Gasteiger partial charge in [0, 0.05) is 31.8 Å². The third-order valence-electron chi connectivity index (χ3n) is 4.65. The van der Waals surface area contributed by atoms with Gasteiger partial charge in [0.25, 0.3) is 11.6 Å². The Morgan fingerprint density at radius 2 is 1.81 bits per heavy atom. The number of carbonyl (C=O) groups is 3. The summed E-state index contributed by atoms with van der Waals surface area (Å²) in [5.41, 5.74) is 0.980. The number of rotatable bonds is 7. The molecule has 0 aliphatic carbocycles. The SMILES string of the molecule is O=C(COC(=O)c1cc([N+](=O)[O-])ccc1N1CCOCC1)NC(=O)NCc1ccccc1. The number of morpholine rings is 1. The predicted octanol–water partition coefficient (Wildman–Crippen LogP) is 1.61. The second-order valence-electron chi connectivity index (χ2n) is 6.85. The van der Waals surface area contributed by atoms with Crippen LogP contribution in [0.3, 0.4) is 0 Å². The van der Waals surface area contributed by atoms with E-state index in [-0.39, 0.29) is 17.8 Å². The van der Waals surface area contributed by atoms with E-state index in [4.69, 9.17) is 9.47 Å². The summed E-state index contributed by atoms with van der Waals surface area (Å²) >= 11 is 0. The van der Waals surface area contributed by atoms with E-state index in [1.54, 1.807) is 0 Å². The Labute approximate surface area is 183 Å². The Balaban J connectivity index is 1.58. The molecule has 1 fully saturated rings. The van der Waals surface area contributed by atoms with Crippen molar-refractivity contribution in [3.05, 3.63) is 69.8 Å². The Morgan fingerprint density at radius 3 is 2.50 bits per heavy atom. The second kappa shape index (κ2) is 10.9. The molecule has 0 atom stereocenters. The number of carbonyl (C=O) groups excluding carboxylic acids is 3. The van der Waals surface area contributed by atoms with Gasteiger partial charge < -0.3 is 19.7 Å². The minimum absolute atomic E-state index is 0.0394. The lowest BCUT2D eigenvalue weighted by atomic mass is 10.1. The highest BCUT2D eigenvalue weighted by molar-refractivity contribution is 5.99. The first-order valence-electron chi connectivity index (χ1n) is 9.84. The summed E-state index contributed by atoms with van der Waals surface area (Å²) < 4.78 is 10.3. The van der Waals surface area contributed by atoms with E-state index < -0.39 is 29.4 Å². The number of nitro benzene ring substituents is 1. The fourth-order valence-electron chi connectivity index (χ4n) is 3.08. The van der Waals surface area contributed by atoms with Crippen molar-refractivity contribution in [2.75, 3.05) is 37.8 Å². The first kappa shape index (κ1) is 22.7. The third kappa shape index (κ3) is 6.25. The van der Waals surface area contributed by atoms with Gasteiger partial charge in [-0.05, 0) is 11.6 Å². The first-order chi connectivity index (χ1) is 15.4. The molecular formula is C21H22N4O7. The lowest BCUT2D eigenvalue weighted by Crippen LogP contribution is -2.41. The molecular weight excluding hydrogens is 420 g/mol. The van der Waals surface area contributed by atoms with Gasteiger partial charge in [0.1, 0.15) is 0 Å². The number of benzene rings is 2. The number of non-ortho nitro benzene ring substituents is 1. The number of hydrogen-bond donors (Lipinski definition) is 2. The Bertz CT molecular complexity index is 991. The predicted molar refractivity (Wildman–Crippen MR) is 113 cm³/mol. The molecule has 0 bridgehead atoms. The number of anilines is 1. The number of nitrogens with one attached hydrogen (secondary N) is 2. The molecule has 3 amide bonds. The summed E-state index contributed by atoms with van der Waals surface area (Å²) in [4.78, 5) is 48.8. The summed E-state index contributed by atoms with van der Waals surface area (Å²) in [7, 11) is 0. The molecule has 11 nitrogen and oxygen atoms in total. The molecule has 0 aromatic heterocycles. The van der Waals surface area contributed by atoms with Crippen LogP contribution in [0.15, 0.2) is 48.5 Å². The summed E-state index contributed by atoms with van der Waals surface area (Å²) in [5.74, 6) is -1.74. The average molecular weight is 442 g/mol. The Kier molecular flexibility index (Phi) is 7.70. The van der Waals surface area contributed by atoms with Crippen molar-refractivity contribution >= 4 is 29.3 Å². The monoisotopic (exact) mass is 442 g/mol. The number of nitrogens with zero attached hydrogens (tertiary/aromatic N) is 2. The van der Waals surface area contributed by atoms with Crippen LogP contribution in [0.25, 0.3) is 0 Å². The van der Waals surface area contributed by atoms with Crippen molar-refractivity contribution in [3.63, 3.8) is 0 Å². The number of hydrogen-bond acceptors (Lipinski definition) is 8. The van der Waals surface area contributed by atoms with Crippen LogP contribution in [-0.4, -0.2) is 55.7 Å². The number of ether oxygens (including phenoxy) is 2. The molecule has 2 aromatic carbocycles. The molecule has 1 aliphatic heterocycles. The third-order valence-corrected chi connectivity index (χ3v) is 4.65. The maximum Gasteiger partial charge on any atom is 0.341 e. The van der Waals surface area contributed by atoms with Gasteiger partial charge in [0.15, 0.2) is 6.61 Å². The fourth-order valence-corrected chi connectivity index (χ4v) is 3.08. The number of urea groups is 1. The molecule has 1 saturated heterocycles. The maximum atomic E-state index is 12.6. The lowest BCUT2D eigenvalue weighted by molar-refractivity contribution is -0.384. The number of nitro groups is 1. The van der Waals surface area contributed by atoms with Gasteiger partial charge in [-0.1, -0.05) is 30.3 Å². The lowest BCUT2D eigenvalue weighted by Gasteiger charge is -2.30. The van der Waals surface area contributed by atoms with Gasteiger partial charge in [-0.25, -0.2) is 9.59 Å². The van der Waals surface area contributed by atoms with Gasteiger partial charge in [0.2, 0.25) is 0 Å². The van der Waals surface area contributed by atoms with Crippen molar-refractivity contribution < 1.29 is 28.8 Å². The summed E-state index contributed by atoms with van der Waals surface area (Å²) in [6, 6.07) is 12.2. The van der Waals surface area contributed by atoms with Crippen molar-refractivity contribution in [1.29, 1.82) is 0 Å². The van der Waals surface area contributed by atoms with E-state index in [9.17, 15) is 24.5 Å². The molecule has 32 heavy (non-hydrogen) atoms. The zero-order valence-electron chi connectivity index (χ0n) is 17.1. The largest absolute Gasteiger partial charge is 0.452 e. The number of esters is 1. The normalized spacial score (nSPS) is 13.2. The quantitative estimate of drug-likeness (QED) is 0.374. The summed E-state index contributed by atoms with van der Waals surface area (Å²) in [5, 5.41) is 15.7.